The highest BCUT2D eigenvalue weighted by Gasteiger charge is 2.60. The van der Waals surface area contributed by atoms with E-state index in [1.165, 1.54) is 17.9 Å². The Morgan fingerprint density at radius 2 is 2.26 bits per heavy atom. The number of rotatable bonds is 5. The van der Waals surface area contributed by atoms with Crippen molar-refractivity contribution in [3.05, 3.63) is 40.8 Å². The smallest absolute Gasteiger partial charge is 0.342 e. The summed E-state index contributed by atoms with van der Waals surface area (Å²) in [5.74, 6) is -0.461. The maximum Gasteiger partial charge on any atom is 0.342 e. The van der Waals surface area contributed by atoms with Crippen molar-refractivity contribution in [1.82, 2.24) is 9.78 Å². The Balaban J connectivity index is 1.71. The van der Waals surface area contributed by atoms with Crippen LogP contribution in [0.4, 0.5) is 13.2 Å². The average Bonchev–Trinajstić information content (AvgIpc) is 3.24. The van der Waals surface area contributed by atoms with Crippen molar-refractivity contribution in [2.45, 2.75) is 57.2 Å². The molecule has 4 nitrogen and oxygen atoms in total. The molecule has 1 fully saturated rings. The number of carbonyl (C=O) groups excluding carboxylic acids is 1. The number of alkyl halides is 3. The number of hydrogen-bond acceptors (Lipinski definition) is 3. The zero-order chi connectivity index (χ0) is 19.3. The number of aromatic nitrogens is 2. The lowest BCUT2D eigenvalue weighted by Crippen LogP contribution is -2.40. The third kappa shape index (κ3) is 2.74. The van der Waals surface area contributed by atoms with Gasteiger partial charge in [0, 0.05) is 25.6 Å². The van der Waals surface area contributed by atoms with E-state index in [0.717, 1.165) is 30.4 Å². The molecule has 3 aliphatic rings. The van der Waals surface area contributed by atoms with E-state index in [2.05, 4.69) is 12.0 Å². The molecule has 0 aliphatic heterocycles. The number of carbonyl (C=O) groups is 1. The first-order valence-electron chi connectivity index (χ1n) is 9.48. The molecule has 7 heteroatoms. The van der Waals surface area contributed by atoms with Crippen LogP contribution < -0.4 is 0 Å². The van der Waals surface area contributed by atoms with E-state index in [4.69, 9.17) is 4.74 Å². The van der Waals surface area contributed by atoms with Gasteiger partial charge in [0.15, 0.2) is 0 Å². The van der Waals surface area contributed by atoms with Crippen molar-refractivity contribution in [3.63, 3.8) is 0 Å². The van der Waals surface area contributed by atoms with Gasteiger partial charge in [-0.05, 0) is 36.3 Å². The fourth-order valence-electron chi connectivity index (χ4n) is 5.26. The molecule has 0 N–H and O–H groups in total. The fraction of sp³-hybridized carbons (Fsp3) is 0.600. The van der Waals surface area contributed by atoms with Gasteiger partial charge in [0.25, 0.3) is 6.43 Å². The van der Waals surface area contributed by atoms with E-state index in [1.54, 1.807) is 6.08 Å². The molecule has 4 atom stereocenters. The minimum Gasteiger partial charge on any atom is -0.450 e. The molecular weight excluding hydrogens is 357 g/mol. The summed E-state index contributed by atoms with van der Waals surface area (Å²) in [6.07, 6.45) is 4.17. The Morgan fingerprint density at radius 1 is 1.48 bits per heavy atom. The van der Waals surface area contributed by atoms with Crippen molar-refractivity contribution in [2.75, 3.05) is 0 Å². The van der Waals surface area contributed by atoms with E-state index in [9.17, 15) is 18.0 Å². The third-order valence-electron chi connectivity index (χ3n) is 6.21. The van der Waals surface area contributed by atoms with E-state index in [0.29, 0.717) is 6.42 Å². The lowest BCUT2D eigenvalue weighted by Gasteiger charge is -2.36. The molecule has 0 radical (unpaired) electrons. The topological polar surface area (TPSA) is 44.1 Å². The van der Waals surface area contributed by atoms with Crippen molar-refractivity contribution in [1.29, 1.82) is 0 Å². The van der Waals surface area contributed by atoms with Crippen LogP contribution in [-0.4, -0.2) is 27.5 Å². The maximum absolute atomic E-state index is 14.1. The molecule has 0 aromatic carbocycles. The molecule has 2 bridgehead atoms. The predicted molar refractivity (Wildman–Crippen MR) is 93.1 cm³/mol. The van der Waals surface area contributed by atoms with E-state index >= 15 is 0 Å². The number of halogens is 3. The van der Waals surface area contributed by atoms with Crippen molar-refractivity contribution in [2.24, 2.45) is 18.9 Å². The first kappa shape index (κ1) is 18.3. The Hall–Kier alpha value is -2.05. The standard InChI is InChI=1S/C20H23F3N2O2/c1-3-4-15-13-7-8-20(15,16-9-11(21)5-6-12(13)16)27-19(26)14-10-25(2)24-17(14)18(22)23/h5-6,10-11,13,15,18H,3-4,7-9H2,1-2H3/t11-,13?,15?,20?/m1/s1. The fourth-order valence-corrected chi connectivity index (χ4v) is 5.26. The largest absolute Gasteiger partial charge is 0.450 e. The SMILES string of the molecule is CCCC1C2CCC1(OC(=O)c1cn(C)nc1C(F)F)C1=C2C=C[C@@H](F)C1. The summed E-state index contributed by atoms with van der Waals surface area (Å²) in [5.41, 5.74) is 0.277. The van der Waals surface area contributed by atoms with Gasteiger partial charge >= 0.3 is 5.97 Å². The molecule has 27 heavy (non-hydrogen) atoms. The zero-order valence-corrected chi connectivity index (χ0v) is 15.4. The monoisotopic (exact) mass is 380 g/mol. The summed E-state index contributed by atoms with van der Waals surface area (Å²) in [6, 6.07) is 0. The molecule has 1 saturated carbocycles. The average molecular weight is 380 g/mol. The lowest BCUT2D eigenvalue weighted by molar-refractivity contribution is -0.0209. The maximum atomic E-state index is 14.1. The molecule has 3 unspecified atom stereocenters. The van der Waals surface area contributed by atoms with Gasteiger partial charge in [-0.25, -0.2) is 18.0 Å². The van der Waals surface area contributed by atoms with Crippen LogP contribution in [-0.2, 0) is 11.8 Å². The molecule has 1 heterocycles. The molecule has 146 valence electrons. The third-order valence-corrected chi connectivity index (χ3v) is 6.21. The Morgan fingerprint density at radius 3 is 2.96 bits per heavy atom. The van der Waals surface area contributed by atoms with Crippen LogP contribution >= 0.6 is 0 Å². The van der Waals surface area contributed by atoms with Gasteiger partial charge in [-0.2, -0.15) is 5.10 Å². The highest BCUT2D eigenvalue weighted by Crippen LogP contribution is 2.61. The number of nitrogens with zero attached hydrogens (tertiary/aromatic N) is 2. The van der Waals surface area contributed by atoms with E-state index in [-0.39, 0.29) is 23.8 Å². The van der Waals surface area contributed by atoms with Gasteiger partial charge < -0.3 is 4.74 Å². The molecule has 3 aliphatic carbocycles. The lowest BCUT2D eigenvalue weighted by atomic mass is 9.81. The van der Waals surface area contributed by atoms with Crippen molar-refractivity contribution in [3.8, 4) is 0 Å². The number of ether oxygens (including phenoxy) is 1. The molecular formula is C20H23F3N2O2. The van der Waals surface area contributed by atoms with E-state index in [1.807, 2.05) is 6.08 Å². The molecule has 0 saturated heterocycles. The number of allylic oxidation sites excluding steroid dienone is 3. The Bertz CT molecular complexity index is 829. The first-order valence-corrected chi connectivity index (χ1v) is 9.48. The number of hydrogen-bond donors (Lipinski definition) is 0. The highest BCUT2D eigenvalue weighted by molar-refractivity contribution is 5.91. The minimum atomic E-state index is -2.86. The first-order chi connectivity index (χ1) is 12.9. The summed E-state index contributed by atoms with van der Waals surface area (Å²) < 4.78 is 47.8. The normalized spacial score (nSPS) is 31.7. The highest BCUT2D eigenvalue weighted by atomic mass is 19.3. The van der Waals surface area contributed by atoms with Crippen molar-refractivity contribution >= 4 is 5.97 Å². The van der Waals surface area contributed by atoms with Crippen LogP contribution in [0.5, 0.6) is 0 Å². The molecule has 0 spiro atoms. The summed E-state index contributed by atoms with van der Waals surface area (Å²) in [4.78, 5) is 12.9. The Kier molecular flexibility index (Phi) is 4.43. The molecule has 1 aromatic rings. The van der Waals surface area contributed by atoms with Gasteiger partial charge in [0.1, 0.15) is 23.0 Å². The van der Waals surface area contributed by atoms with Crippen molar-refractivity contribution < 1.29 is 22.7 Å². The van der Waals surface area contributed by atoms with Gasteiger partial charge in [-0.15, -0.1) is 0 Å². The predicted octanol–water partition coefficient (Wildman–Crippen LogP) is 4.69. The van der Waals surface area contributed by atoms with Crippen LogP contribution in [0.1, 0.15) is 61.5 Å². The summed E-state index contributed by atoms with van der Waals surface area (Å²) in [5, 5.41) is 3.70. The second kappa shape index (κ2) is 6.53. The van der Waals surface area contributed by atoms with Crippen LogP contribution in [0.25, 0.3) is 0 Å². The van der Waals surface area contributed by atoms with Gasteiger partial charge in [-0.1, -0.05) is 25.5 Å². The van der Waals surface area contributed by atoms with Crippen LogP contribution in [0.15, 0.2) is 29.5 Å². The summed E-state index contributed by atoms with van der Waals surface area (Å²) in [6.45, 7) is 2.07. The van der Waals surface area contributed by atoms with Crippen LogP contribution in [0.3, 0.4) is 0 Å². The Labute approximate surface area is 156 Å². The summed E-state index contributed by atoms with van der Waals surface area (Å²) >= 11 is 0. The van der Waals surface area contributed by atoms with Gasteiger partial charge in [0.05, 0.1) is 0 Å². The quantitative estimate of drug-likeness (QED) is 0.696. The van der Waals surface area contributed by atoms with Crippen LogP contribution in [0, 0.1) is 11.8 Å². The molecule has 4 rings (SSSR count). The second-order valence-electron chi connectivity index (χ2n) is 7.73. The molecule has 0 amide bonds. The minimum absolute atomic E-state index is 0.0815. The zero-order valence-electron chi connectivity index (χ0n) is 15.4. The van der Waals surface area contributed by atoms with Gasteiger partial charge in [0.2, 0.25) is 0 Å². The number of fused-ring (bicyclic) bond motifs is 4. The van der Waals surface area contributed by atoms with Crippen LogP contribution in [0.2, 0.25) is 0 Å². The second-order valence-corrected chi connectivity index (χ2v) is 7.73. The van der Waals surface area contributed by atoms with Gasteiger partial charge in [-0.3, -0.25) is 4.68 Å². The number of aryl methyl sites for hydroxylation is 1. The molecule has 1 aromatic heterocycles. The number of esters is 1. The van der Waals surface area contributed by atoms with E-state index < -0.39 is 29.9 Å². The summed E-state index contributed by atoms with van der Waals surface area (Å²) in [7, 11) is 1.49.